The quantitative estimate of drug-likeness (QED) is 0.816. The summed E-state index contributed by atoms with van der Waals surface area (Å²) in [6, 6.07) is 0. The fraction of sp³-hybridized carbons (Fsp3) is 1.00. The van der Waals surface area contributed by atoms with E-state index in [2.05, 4.69) is 15.5 Å². The predicted molar refractivity (Wildman–Crippen MR) is 85.7 cm³/mol. The third kappa shape index (κ3) is 4.47. The Hall–Kier alpha value is 0.460. The Bertz CT molecular complexity index is 251. The lowest BCUT2D eigenvalue weighted by Crippen LogP contribution is -2.41. The first-order valence-electron chi connectivity index (χ1n) is 7.50. The van der Waals surface area contributed by atoms with Gasteiger partial charge in [-0.05, 0) is 76.2 Å². The third-order valence-corrected chi connectivity index (χ3v) is 5.10. The number of piperidine rings is 2. The minimum absolute atomic E-state index is 0. The molecule has 1 spiro atoms. The lowest BCUT2D eigenvalue weighted by Gasteiger charge is -2.34. The van der Waals surface area contributed by atoms with Crippen LogP contribution in [0.25, 0.3) is 0 Å². The van der Waals surface area contributed by atoms with E-state index in [1.165, 1.54) is 77.9 Å². The number of hydrogen-bond acceptors (Lipinski definition) is 3. The van der Waals surface area contributed by atoms with Gasteiger partial charge in [0.15, 0.2) is 0 Å². The highest BCUT2D eigenvalue weighted by Gasteiger charge is 2.39. The standard InChI is InChI=1S/C14H27N3.2ClH/c1-2-13(10-16-6-1)11-17-9-5-14(12-17)3-7-15-8-4-14;;/h13,15-16H,1-12H2;2*1H. The Labute approximate surface area is 130 Å². The molecular formula is C14H29Cl2N3. The van der Waals surface area contributed by atoms with Crippen molar-refractivity contribution in [2.24, 2.45) is 11.3 Å². The van der Waals surface area contributed by atoms with E-state index in [0.29, 0.717) is 5.41 Å². The monoisotopic (exact) mass is 309 g/mol. The molecule has 3 fully saturated rings. The van der Waals surface area contributed by atoms with Crippen molar-refractivity contribution in [1.29, 1.82) is 0 Å². The Morgan fingerprint density at radius 1 is 1.00 bits per heavy atom. The molecule has 0 bridgehead atoms. The summed E-state index contributed by atoms with van der Waals surface area (Å²) >= 11 is 0. The largest absolute Gasteiger partial charge is 0.317 e. The number of nitrogens with zero attached hydrogens (tertiary/aromatic N) is 1. The van der Waals surface area contributed by atoms with Crippen LogP contribution in [-0.4, -0.2) is 50.7 Å². The molecule has 3 heterocycles. The highest BCUT2D eigenvalue weighted by atomic mass is 35.5. The van der Waals surface area contributed by atoms with Crippen molar-refractivity contribution in [2.45, 2.75) is 32.1 Å². The zero-order valence-electron chi connectivity index (χ0n) is 11.8. The molecule has 3 aliphatic heterocycles. The summed E-state index contributed by atoms with van der Waals surface area (Å²) < 4.78 is 0. The molecule has 114 valence electrons. The molecule has 3 nitrogen and oxygen atoms in total. The topological polar surface area (TPSA) is 27.3 Å². The first-order valence-corrected chi connectivity index (χ1v) is 7.50. The van der Waals surface area contributed by atoms with Gasteiger partial charge in [-0.3, -0.25) is 0 Å². The maximum Gasteiger partial charge on any atom is 0.00395 e. The Balaban J connectivity index is 0.000000902. The van der Waals surface area contributed by atoms with Gasteiger partial charge in [0.25, 0.3) is 0 Å². The second-order valence-electron chi connectivity index (χ2n) is 6.45. The van der Waals surface area contributed by atoms with Crippen LogP contribution in [0.3, 0.4) is 0 Å². The van der Waals surface area contributed by atoms with Crippen molar-refractivity contribution in [3.05, 3.63) is 0 Å². The normalized spacial score (nSPS) is 30.6. The molecule has 0 aromatic heterocycles. The van der Waals surface area contributed by atoms with Crippen molar-refractivity contribution in [2.75, 3.05) is 45.8 Å². The van der Waals surface area contributed by atoms with Gasteiger partial charge in [-0.1, -0.05) is 0 Å². The van der Waals surface area contributed by atoms with Crippen molar-refractivity contribution in [1.82, 2.24) is 15.5 Å². The average Bonchev–Trinajstić information content (AvgIpc) is 2.74. The molecule has 1 atom stereocenters. The molecule has 0 saturated carbocycles. The fourth-order valence-corrected chi connectivity index (χ4v) is 3.99. The first kappa shape index (κ1) is 17.5. The number of likely N-dealkylation sites (tertiary alicyclic amines) is 1. The highest BCUT2D eigenvalue weighted by molar-refractivity contribution is 5.85. The second-order valence-corrected chi connectivity index (χ2v) is 6.45. The van der Waals surface area contributed by atoms with Gasteiger partial charge in [-0.15, -0.1) is 24.8 Å². The molecule has 0 radical (unpaired) electrons. The number of halogens is 2. The molecule has 1 unspecified atom stereocenters. The van der Waals surface area contributed by atoms with Crippen LogP contribution in [-0.2, 0) is 0 Å². The Morgan fingerprint density at radius 2 is 1.79 bits per heavy atom. The van der Waals surface area contributed by atoms with E-state index in [9.17, 15) is 0 Å². The summed E-state index contributed by atoms with van der Waals surface area (Å²) in [4.78, 5) is 2.75. The van der Waals surface area contributed by atoms with Gasteiger partial charge in [-0.2, -0.15) is 0 Å². The van der Waals surface area contributed by atoms with E-state index in [1.54, 1.807) is 0 Å². The van der Waals surface area contributed by atoms with Gasteiger partial charge in [0, 0.05) is 13.1 Å². The molecule has 3 rings (SSSR count). The molecule has 2 N–H and O–H groups in total. The van der Waals surface area contributed by atoms with Crippen molar-refractivity contribution >= 4 is 24.8 Å². The summed E-state index contributed by atoms with van der Waals surface area (Å²) in [7, 11) is 0. The molecule has 5 heteroatoms. The molecule has 0 aliphatic carbocycles. The molecule has 3 aliphatic rings. The summed E-state index contributed by atoms with van der Waals surface area (Å²) in [5.74, 6) is 0.917. The molecule has 0 aromatic carbocycles. The number of rotatable bonds is 2. The van der Waals surface area contributed by atoms with Crippen LogP contribution in [0.2, 0.25) is 0 Å². The predicted octanol–water partition coefficient (Wildman–Crippen LogP) is 1.91. The van der Waals surface area contributed by atoms with Crippen molar-refractivity contribution < 1.29 is 0 Å². The lowest BCUT2D eigenvalue weighted by molar-refractivity contribution is 0.178. The van der Waals surface area contributed by atoms with E-state index in [0.717, 1.165) is 5.92 Å². The van der Waals surface area contributed by atoms with Crippen molar-refractivity contribution in [3.8, 4) is 0 Å². The smallest absolute Gasteiger partial charge is 0.00395 e. The minimum Gasteiger partial charge on any atom is -0.317 e. The number of nitrogens with one attached hydrogen (secondary N) is 2. The zero-order chi connectivity index (χ0) is 11.6. The molecule has 0 aromatic rings. The highest BCUT2D eigenvalue weighted by Crippen LogP contribution is 2.38. The summed E-state index contributed by atoms with van der Waals surface area (Å²) in [6.07, 6.45) is 7.10. The molecular weight excluding hydrogens is 281 g/mol. The van der Waals surface area contributed by atoms with Gasteiger partial charge >= 0.3 is 0 Å². The molecule has 0 amide bonds. The van der Waals surface area contributed by atoms with E-state index < -0.39 is 0 Å². The average molecular weight is 310 g/mol. The van der Waals surface area contributed by atoms with Crippen LogP contribution in [0.1, 0.15) is 32.1 Å². The first-order chi connectivity index (χ1) is 8.36. The zero-order valence-corrected chi connectivity index (χ0v) is 13.5. The van der Waals surface area contributed by atoms with E-state index in [4.69, 9.17) is 0 Å². The van der Waals surface area contributed by atoms with Crippen LogP contribution in [0.4, 0.5) is 0 Å². The summed E-state index contributed by atoms with van der Waals surface area (Å²) in [5, 5.41) is 7.05. The van der Waals surface area contributed by atoms with Gasteiger partial charge < -0.3 is 15.5 Å². The van der Waals surface area contributed by atoms with Gasteiger partial charge in [0.1, 0.15) is 0 Å². The van der Waals surface area contributed by atoms with Crippen LogP contribution in [0.5, 0.6) is 0 Å². The lowest BCUT2D eigenvalue weighted by atomic mass is 9.78. The van der Waals surface area contributed by atoms with Gasteiger partial charge in [0.2, 0.25) is 0 Å². The Morgan fingerprint density at radius 3 is 2.47 bits per heavy atom. The van der Waals surface area contributed by atoms with E-state index in [-0.39, 0.29) is 24.8 Å². The van der Waals surface area contributed by atoms with Crippen LogP contribution in [0, 0.1) is 11.3 Å². The maximum atomic E-state index is 3.54. The van der Waals surface area contributed by atoms with Crippen molar-refractivity contribution in [3.63, 3.8) is 0 Å². The Kier molecular flexibility index (Phi) is 7.41. The van der Waals surface area contributed by atoms with Gasteiger partial charge in [0.05, 0.1) is 0 Å². The minimum atomic E-state index is 0. The third-order valence-electron chi connectivity index (χ3n) is 5.10. The number of hydrogen-bond donors (Lipinski definition) is 2. The van der Waals surface area contributed by atoms with Crippen LogP contribution < -0.4 is 10.6 Å². The second kappa shape index (κ2) is 8.04. The van der Waals surface area contributed by atoms with Gasteiger partial charge in [-0.25, -0.2) is 0 Å². The van der Waals surface area contributed by atoms with Crippen LogP contribution >= 0.6 is 24.8 Å². The maximum absolute atomic E-state index is 3.54. The summed E-state index contributed by atoms with van der Waals surface area (Å²) in [6.45, 7) is 9.08. The van der Waals surface area contributed by atoms with E-state index >= 15 is 0 Å². The summed E-state index contributed by atoms with van der Waals surface area (Å²) in [5.41, 5.74) is 0.688. The molecule has 19 heavy (non-hydrogen) atoms. The van der Waals surface area contributed by atoms with E-state index in [1.807, 2.05) is 0 Å². The SMILES string of the molecule is C1CNCC(CN2CCC3(CCNCC3)C2)C1.Cl.Cl. The fourth-order valence-electron chi connectivity index (χ4n) is 3.99. The molecule has 3 saturated heterocycles. The van der Waals surface area contributed by atoms with Crippen LogP contribution in [0.15, 0.2) is 0 Å².